The lowest BCUT2D eigenvalue weighted by Gasteiger charge is -2.46. The quantitative estimate of drug-likeness (QED) is 0.906. The van der Waals surface area contributed by atoms with Crippen molar-refractivity contribution in [2.24, 2.45) is 0 Å². The highest BCUT2D eigenvalue weighted by atomic mass is 16.5. The Morgan fingerprint density at radius 3 is 2.37 bits per heavy atom. The number of aryl methyl sites for hydroxylation is 1. The summed E-state index contributed by atoms with van der Waals surface area (Å²) in [6, 6.07) is 8.20. The molecule has 0 spiro atoms. The van der Waals surface area contributed by atoms with Gasteiger partial charge in [-0.25, -0.2) is 0 Å². The van der Waals surface area contributed by atoms with Crippen molar-refractivity contribution in [3.8, 4) is 0 Å². The highest BCUT2D eigenvalue weighted by Crippen LogP contribution is 2.34. The number of ether oxygens (including phenoxy) is 1. The zero-order chi connectivity index (χ0) is 13.9. The van der Waals surface area contributed by atoms with Gasteiger partial charge in [-0.2, -0.15) is 0 Å². The van der Waals surface area contributed by atoms with Crippen molar-refractivity contribution in [2.75, 3.05) is 26.3 Å². The number of aliphatic hydroxyl groups is 1. The molecular weight excluding hydrogens is 238 g/mol. The molecule has 0 aromatic heterocycles. The second-order valence-electron chi connectivity index (χ2n) is 5.62. The third-order valence-corrected chi connectivity index (χ3v) is 4.43. The minimum atomic E-state index is -0.462. The third-order valence-electron chi connectivity index (χ3n) is 4.43. The standard InChI is InChI=1S/C16H25NO2/c1-4-16(3,17-9-11-19-12-10-17)15(18)14-7-5-13(2)6-8-14/h5-8,15,18H,4,9-12H2,1-3H3. The Morgan fingerprint density at radius 2 is 1.84 bits per heavy atom. The number of rotatable bonds is 4. The lowest BCUT2D eigenvalue weighted by atomic mass is 9.84. The van der Waals surface area contributed by atoms with Crippen LogP contribution in [-0.2, 0) is 4.74 Å². The van der Waals surface area contributed by atoms with Crippen LogP contribution in [0.2, 0.25) is 0 Å². The Kier molecular flexibility index (Phi) is 4.61. The second-order valence-corrected chi connectivity index (χ2v) is 5.62. The zero-order valence-electron chi connectivity index (χ0n) is 12.2. The van der Waals surface area contributed by atoms with Crippen LogP contribution in [0.1, 0.15) is 37.5 Å². The molecule has 0 amide bonds. The SMILES string of the molecule is CCC(C)(C(O)c1ccc(C)cc1)N1CCOCC1. The molecule has 2 rings (SSSR count). The monoisotopic (exact) mass is 263 g/mol. The van der Waals surface area contributed by atoms with Gasteiger partial charge < -0.3 is 9.84 Å². The van der Waals surface area contributed by atoms with E-state index >= 15 is 0 Å². The largest absolute Gasteiger partial charge is 0.386 e. The maximum absolute atomic E-state index is 10.8. The molecule has 1 aliphatic rings. The average molecular weight is 263 g/mol. The zero-order valence-corrected chi connectivity index (χ0v) is 12.2. The van der Waals surface area contributed by atoms with Crippen molar-refractivity contribution in [3.63, 3.8) is 0 Å². The van der Waals surface area contributed by atoms with E-state index in [4.69, 9.17) is 4.74 Å². The van der Waals surface area contributed by atoms with Crippen LogP contribution in [0.25, 0.3) is 0 Å². The van der Waals surface area contributed by atoms with Gasteiger partial charge in [0.15, 0.2) is 0 Å². The molecule has 1 fully saturated rings. The summed E-state index contributed by atoms with van der Waals surface area (Å²) in [4.78, 5) is 2.36. The third kappa shape index (κ3) is 2.99. The summed E-state index contributed by atoms with van der Waals surface area (Å²) in [5.41, 5.74) is 2.00. The van der Waals surface area contributed by atoms with Crippen LogP contribution >= 0.6 is 0 Å². The number of morpholine rings is 1. The Balaban J connectivity index is 2.21. The van der Waals surface area contributed by atoms with Crippen molar-refractivity contribution in [1.82, 2.24) is 4.90 Å². The van der Waals surface area contributed by atoms with E-state index in [0.29, 0.717) is 0 Å². The van der Waals surface area contributed by atoms with Gasteiger partial charge in [-0.15, -0.1) is 0 Å². The fourth-order valence-electron chi connectivity index (χ4n) is 2.77. The van der Waals surface area contributed by atoms with E-state index in [1.807, 2.05) is 12.1 Å². The maximum atomic E-state index is 10.8. The first-order chi connectivity index (χ1) is 9.08. The molecule has 2 unspecified atom stereocenters. The predicted octanol–water partition coefficient (Wildman–Crippen LogP) is 2.53. The molecule has 2 atom stereocenters. The van der Waals surface area contributed by atoms with Crippen LogP contribution in [0.4, 0.5) is 0 Å². The molecule has 0 aliphatic carbocycles. The summed E-state index contributed by atoms with van der Waals surface area (Å²) < 4.78 is 5.42. The Labute approximate surface area is 116 Å². The average Bonchev–Trinajstić information content (AvgIpc) is 2.47. The number of nitrogens with zero attached hydrogens (tertiary/aromatic N) is 1. The molecule has 106 valence electrons. The second kappa shape index (κ2) is 6.04. The summed E-state index contributed by atoms with van der Waals surface area (Å²) in [6.07, 6.45) is 0.457. The normalized spacial score (nSPS) is 21.9. The number of hydrogen-bond donors (Lipinski definition) is 1. The van der Waals surface area contributed by atoms with Crippen LogP contribution in [0.15, 0.2) is 24.3 Å². The van der Waals surface area contributed by atoms with Crippen LogP contribution < -0.4 is 0 Å². The van der Waals surface area contributed by atoms with E-state index in [2.05, 4.69) is 37.8 Å². The molecule has 1 heterocycles. The molecular formula is C16H25NO2. The predicted molar refractivity (Wildman–Crippen MR) is 77.2 cm³/mol. The highest BCUT2D eigenvalue weighted by Gasteiger charge is 2.38. The van der Waals surface area contributed by atoms with Crippen LogP contribution in [-0.4, -0.2) is 41.8 Å². The van der Waals surface area contributed by atoms with Crippen LogP contribution in [0.5, 0.6) is 0 Å². The maximum Gasteiger partial charge on any atom is 0.0970 e. The molecule has 1 saturated heterocycles. The van der Waals surface area contributed by atoms with E-state index in [9.17, 15) is 5.11 Å². The highest BCUT2D eigenvalue weighted by molar-refractivity contribution is 5.25. The first-order valence-corrected chi connectivity index (χ1v) is 7.15. The summed E-state index contributed by atoms with van der Waals surface area (Å²) in [5.74, 6) is 0. The van der Waals surface area contributed by atoms with Gasteiger partial charge in [-0.1, -0.05) is 36.8 Å². The number of aliphatic hydroxyl groups excluding tert-OH is 1. The minimum absolute atomic E-state index is 0.223. The van der Waals surface area contributed by atoms with E-state index in [1.165, 1.54) is 5.56 Å². The lowest BCUT2D eigenvalue weighted by Crippen LogP contribution is -2.54. The van der Waals surface area contributed by atoms with Gasteiger partial charge in [0.1, 0.15) is 0 Å². The van der Waals surface area contributed by atoms with Crippen molar-refractivity contribution in [1.29, 1.82) is 0 Å². The molecule has 1 aromatic carbocycles. The Bertz CT molecular complexity index is 398. The van der Waals surface area contributed by atoms with Gasteiger partial charge >= 0.3 is 0 Å². The molecule has 19 heavy (non-hydrogen) atoms. The van der Waals surface area contributed by atoms with Gasteiger partial charge in [0.05, 0.1) is 19.3 Å². The molecule has 1 aromatic rings. The topological polar surface area (TPSA) is 32.7 Å². The smallest absolute Gasteiger partial charge is 0.0970 e. The van der Waals surface area contributed by atoms with Crippen molar-refractivity contribution >= 4 is 0 Å². The molecule has 0 radical (unpaired) electrons. The minimum Gasteiger partial charge on any atom is -0.386 e. The van der Waals surface area contributed by atoms with Crippen molar-refractivity contribution in [2.45, 2.75) is 38.8 Å². The number of benzene rings is 1. The molecule has 1 N–H and O–H groups in total. The van der Waals surface area contributed by atoms with E-state index in [0.717, 1.165) is 38.3 Å². The summed E-state index contributed by atoms with van der Waals surface area (Å²) in [6.45, 7) is 9.68. The summed E-state index contributed by atoms with van der Waals surface area (Å²) in [7, 11) is 0. The van der Waals surface area contributed by atoms with E-state index < -0.39 is 6.10 Å². The summed E-state index contributed by atoms with van der Waals surface area (Å²) >= 11 is 0. The molecule has 1 aliphatic heterocycles. The molecule has 3 nitrogen and oxygen atoms in total. The fraction of sp³-hybridized carbons (Fsp3) is 0.625. The van der Waals surface area contributed by atoms with Gasteiger partial charge in [0.2, 0.25) is 0 Å². The van der Waals surface area contributed by atoms with Crippen molar-refractivity contribution in [3.05, 3.63) is 35.4 Å². The Hall–Kier alpha value is -0.900. The van der Waals surface area contributed by atoms with Gasteiger partial charge in [0.25, 0.3) is 0 Å². The molecule has 0 saturated carbocycles. The lowest BCUT2D eigenvalue weighted by molar-refractivity contribution is -0.0734. The summed E-state index contributed by atoms with van der Waals surface area (Å²) in [5, 5.41) is 10.8. The van der Waals surface area contributed by atoms with E-state index in [-0.39, 0.29) is 5.54 Å². The first kappa shape index (κ1) is 14.5. The van der Waals surface area contributed by atoms with Gasteiger partial charge in [0, 0.05) is 18.6 Å². The van der Waals surface area contributed by atoms with Gasteiger partial charge in [-0.05, 0) is 25.8 Å². The Morgan fingerprint density at radius 1 is 1.26 bits per heavy atom. The first-order valence-electron chi connectivity index (χ1n) is 7.15. The van der Waals surface area contributed by atoms with Crippen LogP contribution in [0.3, 0.4) is 0 Å². The number of hydrogen-bond acceptors (Lipinski definition) is 3. The van der Waals surface area contributed by atoms with E-state index in [1.54, 1.807) is 0 Å². The molecule has 3 heteroatoms. The van der Waals surface area contributed by atoms with Gasteiger partial charge in [-0.3, -0.25) is 4.90 Å². The van der Waals surface area contributed by atoms with Crippen LogP contribution in [0, 0.1) is 6.92 Å². The fourth-order valence-corrected chi connectivity index (χ4v) is 2.77. The van der Waals surface area contributed by atoms with Crippen molar-refractivity contribution < 1.29 is 9.84 Å². The molecule has 0 bridgehead atoms.